The zero-order valence-electron chi connectivity index (χ0n) is 11.5. The molecule has 1 unspecified atom stereocenters. The fourth-order valence-electron chi connectivity index (χ4n) is 2.01. The van der Waals surface area contributed by atoms with Crippen molar-refractivity contribution in [1.82, 2.24) is 15.5 Å². The zero-order valence-corrected chi connectivity index (χ0v) is 11.5. The molecule has 1 saturated heterocycles. The Morgan fingerprint density at radius 2 is 1.95 bits per heavy atom. The molecule has 0 aromatic carbocycles. The normalized spacial score (nSPS) is 21.6. The first-order valence-corrected chi connectivity index (χ1v) is 6.67. The van der Waals surface area contributed by atoms with E-state index in [4.69, 9.17) is 5.11 Å². The molecule has 1 aliphatic heterocycles. The molecule has 0 aromatic rings. The lowest BCUT2D eigenvalue weighted by atomic mass is 10.2. The highest BCUT2D eigenvalue weighted by atomic mass is 16.4. The van der Waals surface area contributed by atoms with Gasteiger partial charge in [-0.15, -0.1) is 0 Å². The molecule has 1 aliphatic rings. The number of aliphatic carboxylic acids is 1. The number of aliphatic hydroxyl groups is 1. The SMILES string of the molecule is CCCNC(=O)CCNC(=O)N1CC(O)C[C@H]1C(=O)O. The van der Waals surface area contributed by atoms with Crippen molar-refractivity contribution in [2.24, 2.45) is 0 Å². The molecule has 0 saturated carbocycles. The Morgan fingerprint density at radius 3 is 2.55 bits per heavy atom. The first-order chi connectivity index (χ1) is 9.45. The lowest BCUT2D eigenvalue weighted by Gasteiger charge is -2.21. The molecule has 0 radical (unpaired) electrons. The second-order valence-corrected chi connectivity index (χ2v) is 4.73. The van der Waals surface area contributed by atoms with E-state index in [0.29, 0.717) is 6.54 Å². The van der Waals surface area contributed by atoms with Gasteiger partial charge in [-0.3, -0.25) is 4.79 Å². The standard InChI is InChI=1S/C12H21N3O5/c1-2-4-13-10(17)3-5-14-12(20)15-7-8(16)6-9(15)11(18)19/h8-9,16H,2-7H2,1H3,(H,13,17)(H,14,20)(H,18,19)/t8?,9-/m0/s1. The number of carboxylic acids is 1. The topological polar surface area (TPSA) is 119 Å². The van der Waals surface area contributed by atoms with Crippen LogP contribution in [0.3, 0.4) is 0 Å². The number of likely N-dealkylation sites (tertiary alicyclic amines) is 1. The van der Waals surface area contributed by atoms with Crippen LogP contribution >= 0.6 is 0 Å². The Balaban J connectivity index is 2.35. The number of nitrogens with zero attached hydrogens (tertiary/aromatic N) is 1. The van der Waals surface area contributed by atoms with Gasteiger partial charge in [0.25, 0.3) is 0 Å². The van der Waals surface area contributed by atoms with Crippen LogP contribution < -0.4 is 10.6 Å². The number of amides is 3. The lowest BCUT2D eigenvalue weighted by molar-refractivity contribution is -0.141. The number of aliphatic hydroxyl groups excluding tert-OH is 1. The van der Waals surface area contributed by atoms with E-state index in [1.807, 2.05) is 6.92 Å². The maximum Gasteiger partial charge on any atom is 0.326 e. The Bertz CT molecular complexity index is 374. The van der Waals surface area contributed by atoms with Gasteiger partial charge in [0, 0.05) is 32.5 Å². The summed E-state index contributed by atoms with van der Waals surface area (Å²) in [5.41, 5.74) is 0. The molecule has 0 aromatic heterocycles. The van der Waals surface area contributed by atoms with E-state index in [9.17, 15) is 19.5 Å². The molecule has 0 aliphatic carbocycles. The summed E-state index contributed by atoms with van der Waals surface area (Å²) >= 11 is 0. The van der Waals surface area contributed by atoms with Crippen LogP contribution in [0, 0.1) is 0 Å². The molecule has 20 heavy (non-hydrogen) atoms. The van der Waals surface area contributed by atoms with Crippen molar-refractivity contribution in [1.29, 1.82) is 0 Å². The van der Waals surface area contributed by atoms with Gasteiger partial charge in [0.2, 0.25) is 5.91 Å². The number of hydrogen-bond donors (Lipinski definition) is 4. The van der Waals surface area contributed by atoms with Crippen molar-refractivity contribution in [3.05, 3.63) is 0 Å². The summed E-state index contributed by atoms with van der Waals surface area (Å²) in [5.74, 6) is -1.30. The van der Waals surface area contributed by atoms with Gasteiger partial charge in [-0.25, -0.2) is 9.59 Å². The van der Waals surface area contributed by atoms with Gasteiger partial charge < -0.3 is 25.7 Å². The van der Waals surface area contributed by atoms with Crippen molar-refractivity contribution in [3.63, 3.8) is 0 Å². The average Bonchev–Trinajstić information content (AvgIpc) is 2.78. The Morgan fingerprint density at radius 1 is 1.25 bits per heavy atom. The highest BCUT2D eigenvalue weighted by molar-refractivity contribution is 5.84. The highest BCUT2D eigenvalue weighted by Crippen LogP contribution is 2.17. The monoisotopic (exact) mass is 287 g/mol. The molecular weight excluding hydrogens is 266 g/mol. The van der Waals surface area contributed by atoms with Crippen molar-refractivity contribution in [2.75, 3.05) is 19.6 Å². The van der Waals surface area contributed by atoms with Crippen molar-refractivity contribution in [3.8, 4) is 0 Å². The van der Waals surface area contributed by atoms with Crippen LogP contribution in [0.15, 0.2) is 0 Å². The number of hydrogen-bond acceptors (Lipinski definition) is 4. The minimum atomic E-state index is -1.14. The van der Waals surface area contributed by atoms with E-state index in [-0.39, 0.29) is 31.8 Å². The third-order valence-electron chi connectivity index (χ3n) is 3.03. The van der Waals surface area contributed by atoms with Crippen molar-refractivity contribution in [2.45, 2.75) is 38.3 Å². The number of nitrogens with one attached hydrogen (secondary N) is 2. The smallest absolute Gasteiger partial charge is 0.326 e. The third kappa shape index (κ3) is 4.69. The number of carbonyl (C=O) groups is 3. The van der Waals surface area contributed by atoms with Gasteiger partial charge in [0.15, 0.2) is 0 Å². The van der Waals surface area contributed by atoms with Gasteiger partial charge in [0.1, 0.15) is 6.04 Å². The molecule has 2 atom stereocenters. The minimum Gasteiger partial charge on any atom is -0.480 e. The van der Waals surface area contributed by atoms with Gasteiger partial charge in [0.05, 0.1) is 6.10 Å². The molecule has 0 bridgehead atoms. The van der Waals surface area contributed by atoms with E-state index in [1.165, 1.54) is 0 Å². The average molecular weight is 287 g/mol. The van der Waals surface area contributed by atoms with Gasteiger partial charge >= 0.3 is 12.0 Å². The van der Waals surface area contributed by atoms with Crippen LogP contribution in [0.1, 0.15) is 26.2 Å². The molecule has 8 nitrogen and oxygen atoms in total. The predicted octanol–water partition coefficient (Wildman–Crippen LogP) is -0.868. The van der Waals surface area contributed by atoms with Crippen LogP contribution in [-0.4, -0.2) is 64.8 Å². The molecular formula is C12H21N3O5. The molecule has 1 rings (SSSR count). The first-order valence-electron chi connectivity index (χ1n) is 6.67. The van der Waals surface area contributed by atoms with Gasteiger partial charge in [-0.2, -0.15) is 0 Å². The van der Waals surface area contributed by atoms with Crippen molar-refractivity contribution >= 4 is 17.9 Å². The lowest BCUT2D eigenvalue weighted by Crippen LogP contribution is -2.46. The van der Waals surface area contributed by atoms with E-state index in [2.05, 4.69) is 10.6 Å². The quantitative estimate of drug-likeness (QED) is 0.506. The maximum atomic E-state index is 11.8. The molecule has 0 spiro atoms. The van der Waals surface area contributed by atoms with Gasteiger partial charge in [-0.1, -0.05) is 6.92 Å². The summed E-state index contributed by atoms with van der Waals surface area (Å²) in [4.78, 5) is 35.2. The first kappa shape index (κ1) is 16.2. The second kappa shape index (κ2) is 7.68. The summed E-state index contributed by atoms with van der Waals surface area (Å²) in [7, 11) is 0. The van der Waals surface area contributed by atoms with E-state index >= 15 is 0 Å². The van der Waals surface area contributed by atoms with Gasteiger partial charge in [-0.05, 0) is 6.42 Å². The molecule has 8 heteroatoms. The Kier molecular flexibility index (Phi) is 6.23. The Labute approximate surface area is 117 Å². The summed E-state index contributed by atoms with van der Waals surface area (Å²) in [6.07, 6.45) is 0.179. The summed E-state index contributed by atoms with van der Waals surface area (Å²) in [6.45, 7) is 2.65. The molecule has 1 fully saturated rings. The summed E-state index contributed by atoms with van der Waals surface area (Å²) in [6, 6.07) is -1.59. The number of rotatable bonds is 6. The number of β-amino-alcohol motifs (C(OH)–C–C–N with tert-alkyl or cyclic N) is 1. The van der Waals surface area contributed by atoms with Crippen LogP contribution in [0.5, 0.6) is 0 Å². The number of carboxylic acid groups (broad SMARTS) is 1. The van der Waals surface area contributed by atoms with Crippen LogP contribution in [0.25, 0.3) is 0 Å². The largest absolute Gasteiger partial charge is 0.480 e. The fraction of sp³-hybridized carbons (Fsp3) is 0.750. The molecule has 4 N–H and O–H groups in total. The minimum absolute atomic E-state index is 0.00910. The second-order valence-electron chi connectivity index (χ2n) is 4.73. The van der Waals surface area contributed by atoms with Crippen molar-refractivity contribution < 1.29 is 24.6 Å². The number of carbonyl (C=O) groups excluding carboxylic acids is 2. The summed E-state index contributed by atoms with van der Waals surface area (Å²) < 4.78 is 0. The molecule has 1 heterocycles. The van der Waals surface area contributed by atoms with E-state index < -0.39 is 24.1 Å². The van der Waals surface area contributed by atoms with Crippen LogP contribution in [-0.2, 0) is 9.59 Å². The molecule has 3 amide bonds. The van der Waals surface area contributed by atoms with Crippen LogP contribution in [0.4, 0.5) is 4.79 Å². The van der Waals surface area contributed by atoms with Crippen LogP contribution in [0.2, 0.25) is 0 Å². The highest BCUT2D eigenvalue weighted by Gasteiger charge is 2.38. The maximum absolute atomic E-state index is 11.8. The van der Waals surface area contributed by atoms with E-state index in [1.54, 1.807) is 0 Å². The van der Waals surface area contributed by atoms with E-state index in [0.717, 1.165) is 11.3 Å². The predicted molar refractivity (Wildman–Crippen MR) is 70.1 cm³/mol. The zero-order chi connectivity index (χ0) is 15.1. The number of urea groups is 1. The Hall–Kier alpha value is -1.83. The fourth-order valence-corrected chi connectivity index (χ4v) is 2.01. The third-order valence-corrected chi connectivity index (χ3v) is 3.03. The summed E-state index contributed by atoms with van der Waals surface area (Å²) in [5, 5.41) is 23.6. The molecule has 114 valence electrons.